The summed E-state index contributed by atoms with van der Waals surface area (Å²) in [5.41, 5.74) is 4.84. The zero-order valence-corrected chi connectivity index (χ0v) is 10.3. The summed E-state index contributed by atoms with van der Waals surface area (Å²) < 4.78 is 46.1. The molecule has 0 fully saturated rings. The van der Waals surface area contributed by atoms with E-state index in [9.17, 15) is 13.2 Å². The highest BCUT2D eigenvalue weighted by atomic mass is 19.4. The van der Waals surface area contributed by atoms with E-state index >= 15 is 0 Å². The Bertz CT molecular complexity index is 389. The van der Waals surface area contributed by atoms with Crippen molar-refractivity contribution in [2.24, 2.45) is 5.73 Å². The van der Waals surface area contributed by atoms with Crippen molar-refractivity contribution in [3.8, 4) is 11.5 Å². The van der Waals surface area contributed by atoms with E-state index in [1.165, 1.54) is 18.2 Å². The smallest absolute Gasteiger partial charge is 0.482 e. The minimum atomic E-state index is -4.75. The Labute approximate surface area is 104 Å². The maximum Gasteiger partial charge on any atom is 0.573 e. The van der Waals surface area contributed by atoms with Gasteiger partial charge in [0.2, 0.25) is 0 Å². The van der Waals surface area contributed by atoms with Gasteiger partial charge in [-0.1, -0.05) is 19.1 Å². The fraction of sp³-hybridized carbons (Fsp3) is 0.500. The largest absolute Gasteiger partial charge is 0.573 e. The van der Waals surface area contributed by atoms with Gasteiger partial charge < -0.3 is 15.2 Å². The molecule has 2 N–H and O–H groups in total. The SMILES string of the molecule is CCC(C)(CN)Oc1ccccc1OC(F)(F)F. The summed E-state index contributed by atoms with van der Waals surface area (Å²) in [4.78, 5) is 0. The van der Waals surface area contributed by atoms with Crippen molar-refractivity contribution in [2.45, 2.75) is 32.2 Å². The second kappa shape index (κ2) is 5.48. The highest BCUT2D eigenvalue weighted by Crippen LogP contribution is 2.34. The summed E-state index contributed by atoms with van der Waals surface area (Å²) in [6, 6.07) is 5.64. The summed E-state index contributed by atoms with van der Waals surface area (Å²) in [6.45, 7) is 3.78. The molecule has 102 valence electrons. The van der Waals surface area contributed by atoms with Crippen LogP contribution in [0.3, 0.4) is 0 Å². The van der Waals surface area contributed by atoms with Crippen molar-refractivity contribution in [1.82, 2.24) is 0 Å². The van der Waals surface area contributed by atoms with E-state index in [0.29, 0.717) is 6.42 Å². The quantitative estimate of drug-likeness (QED) is 0.887. The van der Waals surface area contributed by atoms with Crippen molar-refractivity contribution in [3.63, 3.8) is 0 Å². The Balaban J connectivity index is 2.95. The molecule has 6 heteroatoms. The topological polar surface area (TPSA) is 44.5 Å². The molecule has 0 aliphatic heterocycles. The summed E-state index contributed by atoms with van der Waals surface area (Å²) in [6.07, 6.45) is -4.17. The zero-order valence-electron chi connectivity index (χ0n) is 10.3. The van der Waals surface area contributed by atoms with Crippen LogP contribution in [0.15, 0.2) is 24.3 Å². The number of para-hydroxylation sites is 2. The van der Waals surface area contributed by atoms with Gasteiger partial charge in [-0.25, -0.2) is 0 Å². The van der Waals surface area contributed by atoms with Crippen LogP contribution in [0.4, 0.5) is 13.2 Å². The molecule has 0 saturated heterocycles. The van der Waals surface area contributed by atoms with Crippen molar-refractivity contribution in [2.75, 3.05) is 6.54 Å². The third-order valence-electron chi connectivity index (χ3n) is 2.61. The Morgan fingerprint density at radius 2 is 1.61 bits per heavy atom. The van der Waals surface area contributed by atoms with Gasteiger partial charge in [0.15, 0.2) is 11.5 Å². The van der Waals surface area contributed by atoms with Gasteiger partial charge in [0, 0.05) is 6.54 Å². The fourth-order valence-corrected chi connectivity index (χ4v) is 1.27. The highest BCUT2D eigenvalue weighted by molar-refractivity contribution is 5.40. The van der Waals surface area contributed by atoms with Gasteiger partial charge >= 0.3 is 6.36 Å². The predicted octanol–water partition coefficient (Wildman–Crippen LogP) is 3.09. The van der Waals surface area contributed by atoms with Crippen molar-refractivity contribution >= 4 is 0 Å². The lowest BCUT2D eigenvalue weighted by molar-refractivity contribution is -0.275. The molecule has 0 saturated carbocycles. The Hall–Kier alpha value is -1.43. The van der Waals surface area contributed by atoms with Crippen LogP contribution in [-0.2, 0) is 0 Å². The summed E-state index contributed by atoms with van der Waals surface area (Å²) in [7, 11) is 0. The molecule has 1 unspecified atom stereocenters. The molecule has 0 heterocycles. The molecule has 1 rings (SSSR count). The lowest BCUT2D eigenvalue weighted by Gasteiger charge is -2.29. The van der Waals surface area contributed by atoms with Crippen LogP contribution < -0.4 is 15.2 Å². The molecule has 1 aromatic carbocycles. The van der Waals surface area contributed by atoms with E-state index in [1.54, 1.807) is 13.0 Å². The monoisotopic (exact) mass is 263 g/mol. The van der Waals surface area contributed by atoms with E-state index in [2.05, 4.69) is 4.74 Å². The van der Waals surface area contributed by atoms with E-state index in [0.717, 1.165) is 0 Å². The minimum Gasteiger partial charge on any atom is -0.482 e. The zero-order chi connectivity index (χ0) is 13.8. The molecule has 1 atom stereocenters. The van der Waals surface area contributed by atoms with E-state index in [4.69, 9.17) is 10.5 Å². The third-order valence-corrected chi connectivity index (χ3v) is 2.61. The third kappa shape index (κ3) is 4.10. The molecule has 1 aromatic rings. The van der Waals surface area contributed by atoms with Crippen LogP contribution in [-0.4, -0.2) is 18.5 Å². The maximum atomic E-state index is 12.2. The first kappa shape index (κ1) is 14.6. The van der Waals surface area contributed by atoms with Gasteiger partial charge in [-0.15, -0.1) is 13.2 Å². The van der Waals surface area contributed by atoms with Gasteiger partial charge in [0.05, 0.1) is 0 Å². The first-order valence-corrected chi connectivity index (χ1v) is 5.53. The second-order valence-electron chi connectivity index (χ2n) is 4.10. The molecular formula is C12H16F3NO2. The molecule has 0 spiro atoms. The van der Waals surface area contributed by atoms with Crippen LogP contribution in [0, 0.1) is 0 Å². The molecule has 0 bridgehead atoms. The van der Waals surface area contributed by atoms with Gasteiger partial charge in [0.1, 0.15) is 5.60 Å². The summed E-state index contributed by atoms with van der Waals surface area (Å²) in [5.74, 6) is -0.331. The number of rotatable bonds is 5. The molecule has 3 nitrogen and oxygen atoms in total. The van der Waals surface area contributed by atoms with Crippen LogP contribution >= 0.6 is 0 Å². The molecular weight excluding hydrogens is 247 g/mol. The Morgan fingerprint density at radius 3 is 2.00 bits per heavy atom. The number of hydrogen-bond donors (Lipinski definition) is 1. The van der Waals surface area contributed by atoms with Crippen LogP contribution in [0.2, 0.25) is 0 Å². The minimum absolute atomic E-state index is 0.0321. The standard InChI is InChI=1S/C12H16F3NO2/c1-3-11(2,8-16)17-9-6-4-5-7-10(9)18-12(13,14)15/h4-7H,3,8,16H2,1-2H3. The number of alkyl halides is 3. The second-order valence-corrected chi connectivity index (χ2v) is 4.10. The van der Waals surface area contributed by atoms with Crippen LogP contribution in [0.5, 0.6) is 11.5 Å². The Morgan fingerprint density at radius 1 is 1.11 bits per heavy atom. The van der Waals surface area contributed by atoms with Crippen LogP contribution in [0.1, 0.15) is 20.3 Å². The summed E-state index contributed by atoms with van der Waals surface area (Å²) >= 11 is 0. The van der Waals surface area contributed by atoms with Gasteiger partial charge in [-0.05, 0) is 25.5 Å². The lowest BCUT2D eigenvalue weighted by Crippen LogP contribution is -2.40. The molecule has 0 aliphatic rings. The molecule has 0 aromatic heterocycles. The normalized spacial score (nSPS) is 15.0. The average molecular weight is 263 g/mol. The molecule has 0 amide bonds. The maximum absolute atomic E-state index is 12.2. The highest BCUT2D eigenvalue weighted by Gasteiger charge is 2.33. The number of ether oxygens (including phenoxy) is 2. The summed E-state index contributed by atoms with van der Waals surface area (Å²) in [5, 5.41) is 0. The average Bonchev–Trinajstić information content (AvgIpc) is 2.30. The first-order chi connectivity index (χ1) is 8.29. The molecule has 18 heavy (non-hydrogen) atoms. The fourth-order valence-electron chi connectivity index (χ4n) is 1.27. The van der Waals surface area contributed by atoms with Crippen molar-refractivity contribution in [1.29, 1.82) is 0 Å². The molecule has 0 aliphatic carbocycles. The van der Waals surface area contributed by atoms with E-state index < -0.39 is 12.0 Å². The van der Waals surface area contributed by atoms with E-state index in [-0.39, 0.29) is 18.0 Å². The number of nitrogens with two attached hydrogens (primary N) is 1. The van der Waals surface area contributed by atoms with Crippen molar-refractivity contribution in [3.05, 3.63) is 24.3 Å². The van der Waals surface area contributed by atoms with E-state index in [1.807, 2.05) is 6.92 Å². The predicted molar refractivity (Wildman–Crippen MR) is 61.5 cm³/mol. The lowest BCUT2D eigenvalue weighted by atomic mass is 10.0. The number of benzene rings is 1. The van der Waals surface area contributed by atoms with Crippen molar-refractivity contribution < 1.29 is 22.6 Å². The number of hydrogen-bond acceptors (Lipinski definition) is 3. The number of halogens is 3. The van der Waals surface area contributed by atoms with Gasteiger partial charge in [-0.3, -0.25) is 0 Å². The van der Waals surface area contributed by atoms with Crippen LogP contribution in [0.25, 0.3) is 0 Å². The Kier molecular flexibility index (Phi) is 4.45. The van der Waals surface area contributed by atoms with Gasteiger partial charge in [0.25, 0.3) is 0 Å². The first-order valence-electron chi connectivity index (χ1n) is 5.53. The van der Waals surface area contributed by atoms with Gasteiger partial charge in [-0.2, -0.15) is 0 Å². The molecule has 0 radical (unpaired) electrons.